The highest BCUT2D eigenvalue weighted by Gasteiger charge is 2.17. The fourth-order valence-corrected chi connectivity index (χ4v) is 3.88. The maximum atomic E-state index is 3.55. The van der Waals surface area contributed by atoms with Gasteiger partial charge in [-0.25, -0.2) is 0 Å². The molecule has 0 aromatic carbocycles. The summed E-state index contributed by atoms with van der Waals surface area (Å²) in [4.78, 5) is 4.09. The molecule has 0 atom stereocenters. The molecule has 17 heavy (non-hydrogen) atoms. The van der Waals surface area contributed by atoms with Gasteiger partial charge in [0.2, 0.25) is 0 Å². The Labute approximate surface area is 117 Å². The lowest BCUT2D eigenvalue weighted by molar-refractivity contribution is 0.201. The number of thiophene rings is 1. The van der Waals surface area contributed by atoms with Crippen LogP contribution in [-0.2, 0) is 6.42 Å². The highest BCUT2D eigenvalue weighted by molar-refractivity contribution is 9.11. The first-order chi connectivity index (χ1) is 8.28. The Morgan fingerprint density at radius 1 is 1.41 bits per heavy atom. The zero-order valence-corrected chi connectivity index (χ0v) is 12.8. The third-order valence-electron chi connectivity index (χ3n) is 3.38. The van der Waals surface area contributed by atoms with Gasteiger partial charge in [0.1, 0.15) is 0 Å². The van der Waals surface area contributed by atoms with Crippen molar-refractivity contribution in [3.8, 4) is 0 Å². The van der Waals surface area contributed by atoms with Gasteiger partial charge >= 0.3 is 0 Å². The van der Waals surface area contributed by atoms with E-state index in [-0.39, 0.29) is 0 Å². The summed E-state index contributed by atoms with van der Waals surface area (Å²) in [5, 5.41) is 3.55. The second kappa shape index (κ2) is 6.88. The molecule has 2 nitrogen and oxygen atoms in total. The lowest BCUT2D eigenvalue weighted by Gasteiger charge is -2.32. The molecular formula is C13H21BrN2S. The summed E-state index contributed by atoms with van der Waals surface area (Å²) in [5.41, 5.74) is 0. The number of hydrogen-bond acceptors (Lipinski definition) is 3. The number of piperidine rings is 1. The Morgan fingerprint density at radius 2 is 2.18 bits per heavy atom. The molecule has 4 heteroatoms. The van der Waals surface area contributed by atoms with Gasteiger partial charge < -0.3 is 10.2 Å². The highest BCUT2D eigenvalue weighted by Crippen LogP contribution is 2.22. The van der Waals surface area contributed by atoms with E-state index in [0.29, 0.717) is 0 Å². The van der Waals surface area contributed by atoms with Crippen molar-refractivity contribution in [2.24, 2.45) is 0 Å². The second-order valence-corrected chi connectivity index (χ2v) is 7.18. The Morgan fingerprint density at radius 3 is 2.76 bits per heavy atom. The number of nitrogens with one attached hydrogen (secondary N) is 1. The van der Waals surface area contributed by atoms with E-state index in [4.69, 9.17) is 0 Å². The average Bonchev–Trinajstić information content (AvgIpc) is 2.75. The molecule has 96 valence electrons. The fraction of sp³-hybridized carbons (Fsp3) is 0.692. The van der Waals surface area contributed by atoms with Crippen LogP contribution in [0.4, 0.5) is 0 Å². The molecule has 0 saturated carbocycles. The van der Waals surface area contributed by atoms with E-state index in [1.165, 1.54) is 47.6 Å². The lowest BCUT2D eigenvalue weighted by Crippen LogP contribution is -2.42. The first kappa shape index (κ1) is 13.5. The van der Waals surface area contributed by atoms with E-state index in [1.54, 1.807) is 0 Å². The largest absolute Gasteiger partial charge is 0.314 e. The predicted molar refractivity (Wildman–Crippen MR) is 78.9 cm³/mol. The molecule has 0 aliphatic carbocycles. The molecule has 0 radical (unpaired) electrons. The van der Waals surface area contributed by atoms with Gasteiger partial charge in [0.05, 0.1) is 3.79 Å². The molecule has 0 spiro atoms. The minimum absolute atomic E-state index is 0.757. The van der Waals surface area contributed by atoms with Gasteiger partial charge in [-0.15, -0.1) is 11.3 Å². The molecule has 1 N–H and O–H groups in total. The standard InChI is InChI=1S/C13H21BrN2S/c1-2-15-11-5-8-16(9-6-11)10-7-12-3-4-13(14)17-12/h3-4,11,15H,2,5-10H2,1H3. The minimum Gasteiger partial charge on any atom is -0.314 e. The molecule has 0 amide bonds. The Bertz CT molecular complexity index is 332. The van der Waals surface area contributed by atoms with Crippen LogP contribution in [0.2, 0.25) is 0 Å². The number of halogens is 1. The van der Waals surface area contributed by atoms with Crippen LogP contribution in [0.1, 0.15) is 24.6 Å². The van der Waals surface area contributed by atoms with Crippen molar-refractivity contribution in [2.75, 3.05) is 26.2 Å². The van der Waals surface area contributed by atoms with E-state index in [2.05, 4.69) is 45.2 Å². The van der Waals surface area contributed by atoms with Crippen molar-refractivity contribution in [3.05, 3.63) is 20.8 Å². The third-order valence-corrected chi connectivity index (χ3v) is 5.07. The van der Waals surface area contributed by atoms with Gasteiger partial charge in [0.15, 0.2) is 0 Å². The molecule has 0 unspecified atom stereocenters. The first-order valence-corrected chi connectivity index (χ1v) is 8.09. The summed E-state index contributed by atoms with van der Waals surface area (Å²) in [6.45, 7) is 7.02. The van der Waals surface area contributed by atoms with Crippen LogP contribution in [0, 0.1) is 0 Å². The lowest BCUT2D eigenvalue weighted by atomic mass is 10.0. The minimum atomic E-state index is 0.757. The molecule has 1 saturated heterocycles. The Hall–Kier alpha value is 0.1000. The van der Waals surface area contributed by atoms with Gasteiger partial charge in [-0.05, 0) is 67.0 Å². The first-order valence-electron chi connectivity index (χ1n) is 6.48. The molecule has 2 heterocycles. The summed E-state index contributed by atoms with van der Waals surface area (Å²) < 4.78 is 1.25. The monoisotopic (exact) mass is 316 g/mol. The predicted octanol–water partition coefficient (Wildman–Crippen LogP) is 3.13. The smallest absolute Gasteiger partial charge is 0.0701 e. The quantitative estimate of drug-likeness (QED) is 0.897. The van der Waals surface area contributed by atoms with Crippen LogP contribution in [0.3, 0.4) is 0 Å². The zero-order valence-electron chi connectivity index (χ0n) is 10.4. The van der Waals surface area contributed by atoms with Crippen LogP contribution in [0.5, 0.6) is 0 Å². The van der Waals surface area contributed by atoms with E-state index in [1.807, 2.05) is 11.3 Å². The third kappa shape index (κ3) is 4.36. The van der Waals surface area contributed by atoms with Crippen LogP contribution in [-0.4, -0.2) is 37.1 Å². The maximum Gasteiger partial charge on any atom is 0.0701 e. The van der Waals surface area contributed by atoms with Crippen LogP contribution in [0.15, 0.2) is 15.9 Å². The Balaban J connectivity index is 1.68. The molecule has 2 rings (SSSR count). The molecule has 1 aliphatic heterocycles. The summed E-state index contributed by atoms with van der Waals surface area (Å²) in [6, 6.07) is 5.14. The molecule has 1 aromatic heterocycles. The van der Waals surface area contributed by atoms with Gasteiger partial charge in [-0.1, -0.05) is 6.92 Å². The summed E-state index contributed by atoms with van der Waals surface area (Å²) in [7, 11) is 0. The number of likely N-dealkylation sites (tertiary alicyclic amines) is 1. The SMILES string of the molecule is CCNC1CCN(CCc2ccc(Br)s2)CC1. The fourth-order valence-electron chi connectivity index (χ4n) is 2.40. The highest BCUT2D eigenvalue weighted by atomic mass is 79.9. The molecule has 0 bridgehead atoms. The van der Waals surface area contributed by atoms with E-state index >= 15 is 0 Å². The van der Waals surface area contributed by atoms with Crippen molar-refractivity contribution < 1.29 is 0 Å². The molecule has 1 aromatic rings. The van der Waals surface area contributed by atoms with Crippen molar-refractivity contribution in [1.29, 1.82) is 0 Å². The number of rotatable bonds is 5. The van der Waals surface area contributed by atoms with Gasteiger partial charge in [0.25, 0.3) is 0 Å². The molecule has 1 aliphatic rings. The number of nitrogens with zero attached hydrogens (tertiary/aromatic N) is 1. The van der Waals surface area contributed by atoms with E-state index in [0.717, 1.165) is 12.6 Å². The topological polar surface area (TPSA) is 15.3 Å². The van der Waals surface area contributed by atoms with Crippen LogP contribution >= 0.6 is 27.3 Å². The van der Waals surface area contributed by atoms with Gasteiger partial charge in [-0.2, -0.15) is 0 Å². The van der Waals surface area contributed by atoms with E-state index < -0.39 is 0 Å². The summed E-state index contributed by atoms with van der Waals surface area (Å²) >= 11 is 5.38. The van der Waals surface area contributed by atoms with Crippen LogP contribution < -0.4 is 5.32 Å². The normalized spacial score (nSPS) is 18.7. The van der Waals surface area contributed by atoms with Gasteiger partial charge in [0, 0.05) is 17.5 Å². The van der Waals surface area contributed by atoms with Crippen molar-refractivity contribution in [1.82, 2.24) is 10.2 Å². The van der Waals surface area contributed by atoms with Crippen LogP contribution in [0.25, 0.3) is 0 Å². The van der Waals surface area contributed by atoms with Crippen molar-refractivity contribution in [2.45, 2.75) is 32.2 Å². The van der Waals surface area contributed by atoms with Gasteiger partial charge in [-0.3, -0.25) is 0 Å². The number of hydrogen-bond donors (Lipinski definition) is 1. The maximum absolute atomic E-state index is 3.55. The Kier molecular flexibility index (Phi) is 5.48. The summed E-state index contributed by atoms with van der Waals surface area (Å²) in [6.07, 6.45) is 3.81. The van der Waals surface area contributed by atoms with Crippen molar-refractivity contribution >= 4 is 27.3 Å². The molecule has 1 fully saturated rings. The summed E-state index contributed by atoms with van der Waals surface area (Å²) in [5.74, 6) is 0. The zero-order chi connectivity index (χ0) is 12.1. The second-order valence-electron chi connectivity index (χ2n) is 4.63. The average molecular weight is 317 g/mol. The molecular weight excluding hydrogens is 296 g/mol. The van der Waals surface area contributed by atoms with E-state index in [9.17, 15) is 0 Å². The van der Waals surface area contributed by atoms with Crippen molar-refractivity contribution in [3.63, 3.8) is 0 Å².